The number of carbonyl (C=O) groups is 1. The zero-order valence-electron chi connectivity index (χ0n) is 12.9. The van der Waals surface area contributed by atoms with Gasteiger partial charge in [0, 0.05) is 26.2 Å². The van der Waals surface area contributed by atoms with Gasteiger partial charge in [0.05, 0.1) is 31.2 Å². The lowest BCUT2D eigenvalue weighted by atomic mass is 10.1. The topological polar surface area (TPSA) is 42.0 Å². The molecule has 0 N–H and O–H groups in total. The fraction of sp³-hybridized carbons (Fsp3) is 0.812. The van der Waals surface area contributed by atoms with E-state index < -0.39 is 0 Å². The summed E-state index contributed by atoms with van der Waals surface area (Å²) in [5, 5.41) is 0. The number of hydrogen-bond acceptors (Lipinski definition) is 4. The smallest absolute Gasteiger partial charge is 0.252 e. The standard InChI is InChI=1S/C16H26N2O3/c1-17-6-8-21-15(10-17)11-18(9-13-4-5-13)16(19)14-3-2-7-20-12-14/h12-13,15H,2-11H2,1H3/t15-/m0/s1. The fourth-order valence-corrected chi connectivity index (χ4v) is 3.00. The molecule has 3 rings (SSSR count). The van der Waals surface area contributed by atoms with Crippen molar-refractivity contribution in [2.24, 2.45) is 5.92 Å². The maximum absolute atomic E-state index is 12.7. The van der Waals surface area contributed by atoms with E-state index in [1.807, 2.05) is 4.90 Å². The summed E-state index contributed by atoms with van der Waals surface area (Å²) in [6.45, 7) is 4.96. The second kappa shape index (κ2) is 6.79. The van der Waals surface area contributed by atoms with Crippen LogP contribution in [-0.2, 0) is 14.3 Å². The molecular formula is C16H26N2O3. The Kier molecular flexibility index (Phi) is 4.80. The molecule has 1 saturated heterocycles. The summed E-state index contributed by atoms with van der Waals surface area (Å²) in [4.78, 5) is 17.0. The monoisotopic (exact) mass is 294 g/mol. The van der Waals surface area contributed by atoms with E-state index in [0.29, 0.717) is 12.5 Å². The molecule has 2 heterocycles. The molecule has 0 aromatic carbocycles. The normalized spacial score (nSPS) is 26.9. The van der Waals surface area contributed by atoms with Crippen molar-refractivity contribution in [2.45, 2.75) is 31.8 Å². The highest BCUT2D eigenvalue weighted by atomic mass is 16.5. The van der Waals surface area contributed by atoms with Gasteiger partial charge >= 0.3 is 0 Å². The van der Waals surface area contributed by atoms with Crippen molar-refractivity contribution in [1.82, 2.24) is 9.80 Å². The van der Waals surface area contributed by atoms with Crippen molar-refractivity contribution in [3.63, 3.8) is 0 Å². The van der Waals surface area contributed by atoms with E-state index in [4.69, 9.17) is 9.47 Å². The molecule has 5 heteroatoms. The molecule has 0 unspecified atom stereocenters. The fourth-order valence-electron chi connectivity index (χ4n) is 3.00. The van der Waals surface area contributed by atoms with Crippen LogP contribution in [0.15, 0.2) is 11.8 Å². The third kappa shape index (κ3) is 4.20. The summed E-state index contributed by atoms with van der Waals surface area (Å²) in [5.41, 5.74) is 0.825. The van der Waals surface area contributed by atoms with Gasteiger partial charge in [0.1, 0.15) is 0 Å². The van der Waals surface area contributed by atoms with E-state index >= 15 is 0 Å². The molecule has 0 spiro atoms. The first kappa shape index (κ1) is 14.9. The van der Waals surface area contributed by atoms with E-state index in [1.54, 1.807) is 6.26 Å². The molecule has 1 atom stereocenters. The van der Waals surface area contributed by atoms with Gasteiger partial charge in [-0.15, -0.1) is 0 Å². The molecule has 3 aliphatic rings. The van der Waals surface area contributed by atoms with Crippen LogP contribution < -0.4 is 0 Å². The molecule has 21 heavy (non-hydrogen) atoms. The highest BCUT2D eigenvalue weighted by molar-refractivity contribution is 5.93. The predicted molar refractivity (Wildman–Crippen MR) is 79.8 cm³/mol. The second-order valence-corrected chi connectivity index (χ2v) is 6.53. The maximum atomic E-state index is 12.7. The summed E-state index contributed by atoms with van der Waals surface area (Å²) in [7, 11) is 2.11. The Morgan fingerprint density at radius 3 is 2.90 bits per heavy atom. The van der Waals surface area contributed by atoms with Crippen LogP contribution in [0.4, 0.5) is 0 Å². The zero-order chi connectivity index (χ0) is 14.7. The van der Waals surface area contributed by atoms with Crippen LogP contribution in [-0.4, -0.2) is 68.3 Å². The van der Waals surface area contributed by atoms with Crippen LogP contribution in [0.25, 0.3) is 0 Å². The summed E-state index contributed by atoms with van der Waals surface area (Å²) < 4.78 is 11.2. The number of amides is 1. The third-order valence-corrected chi connectivity index (χ3v) is 4.44. The van der Waals surface area contributed by atoms with Crippen LogP contribution in [0, 0.1) is 5.92 Å². The van der Waals surface area contributed by atoms with Crippen LogP contribution in [0.3, 0.4) is 0 Å². The van der Waals surface area contributed by atoms with Gasteiger partial charge in [-0.1, -0.05) is 0 Å². The lowest BCUT2D eigenvalue weighted by Crippen LogP contribution is -2.48. The summed E-state index contributed by atoms with van der Waals surface area (Å²) in [5.74, 6) is 0.846. The molecule has 2 fully saturated rings. The van der Waals surface area contributed by atoms with Crippen LogP contribution in [0.5, 0.6) is 0 Å². The van der Waals surface area contributed by atoms with Crippen molar-refractivity contribution in [3.05, 3.63) is 11.8 Å². The Hall–Kier alpha value is -1.07. The van der Waals surface area contributed by atoms with E-state index in [2.05, 4.69) is 11.9 Å². The van der Waals surface area contributed by atoms with Gasteiger partial charge in [-0.2, -0.15) is 0 Å². The van der Waals surface area contributed by atoms with Crippen LogP contribution in [0.2, 0.25) is 0 Å². The molecule has 5 nitrogen and oxygen atoms in total. The number of ether oxygens (including phenoxy) is 2. The molecule has 0 bridgehead atoms. The molecule has 2 aliphatic heterocycles. The van der Waals surface area contributed by atoms with Crippen molar-refractivity contribution < 1.29 is 14.3 Å². The van der Waals surface area contributed by atoms with Crippen LogP contribution >= 0.6 is 0 Å². The molecule has 0 aromatic heterocycles. The molecule has 0 radical (unpaired) electrons. The number of morpholine rings is 1. The lowest BCUT2D eigenvalue weighted by Gasteiger charge is -2.34. The quantitative estimate of drug-likeness (QED) is 0.765. The second-order valence-electron chi connectivity index (χ2n) is 6.53. The first-order valence-corrected chi connectivity index (χ1v) is 8.12. The first-order chi connectivity index (χ1) is 10.2. The molecular weight excluding hydrogens is 268 g/mol. The molecule has 1 amide bonds. The highest BCUT2D eigenvalue weighted by Gasteiger charge is 2.31. The number of hydrogen-bond donors (Lipinski definition) is 0. The molecule has 118 valence electrons. The van der Waals surface area contributed by atoms with Crippen molar-refractivity contribution >= 4 is 5.91 Å². The van der Waals surface area contributed by atoms with Crippen molar-refractivity contribution in [3.8, 4) is 0 Å². The van der Waals surface area contributed by atoms with E-state index in [0.717, 1.165) is 51.3 Å². The Bertz CT molecular complexity index is 406. The molecule has 1 aliphatic carbocycles. The summed E-state index contributed by atoms with van der Waals surface area (Å²) in [6.07, 6.45) is 6.09. The lowest BCUT2D eigenvalue weighted by molar-refractivity contribution is -0.131. The van der Waals surface area contributed by atoms with Crippen LogP contribution in [0.1, 0.15) is 25.7 Å². The van der Waals surface area contributed by atoms with E-state index in [-0.39, 0.29) is 12.0 Å². The van der Waals surface area contributed by atoms with Gasteiger partial charge in [-0.25, -0.2) is 0 Å². The van der Waals surface area contributed by atoms with E-state index in [1.165, 1.54) is 12.8 Å². The number of nitrogens with zero attached hydrogens (tertiary/aromatic N) is 2. The van der Waals surface area contributed by atoms with E-state index in [9.17, 15) is 4.79 Å². The third-order valence-electron chi connectivity index (χ3n) is 4.44. The zero-order valence-corrected chi connectivity index (χ0v) is 12.9. The van der Waals surface area contributed by atoms with Gasteiger partial charge in [-0.05, 0) is 38.6 Å². The average Bonchev–Trinajstić information content (AvgIpc) is 3.31. The van der Waals surface area contributed by atoms with Gasteiger partial charge in [0.25, 0.3) is 5.91 Å². The SMILES string of the molecule is CN1CCO[C@H](CN(CC2CC2)C(=O)C2=COCCC2)C1. The minimum Gasteiger partial charge on any atom is -0.501 e. The highest BCUT2D eigenvalue weighted by Crippen LogP contribution is 2.30. The number of likely N-dealkylation sites (N-methyl/N-ethyl adjacent to an activating group) is 1. The average molecular weight is 294 g/mol. The molecule has 1 saturated carbocycles. The van der Waals surface area contributed by atoms with Crippen molar-refractivity contribution in [1.29, 1.82) is 0 Å². The van der Waals surface area contributed by atoms with Gasteiger partial charge in [-0.3, -0.25) is 4.79 Å². The minimum absolute atomic E-state index is 0.136. The Morgan fingerprint density at radius 1 is 1.38 bits per heavy atom. The number of rotatable bonds is 5. The van der Waals surface area contributed by atoms with Gasteiger partial charge < -0.3 is 19.3 Å². The largest absolute Gasteiger partial charge is 0.501 e. The Labute approximate surface area is 126 Å². The first-order valence-electron chi connectivity index (χ1n) is 8.12. The predicted octanol–water partition coefficient (Wildman–Crippen LogP) is 1.25. The van der Waals surface area contributed by atoms with Crippen molar-refractivity contribution in [2.75, 3.05) is 46.4 Å². The minimum atomic E-state index is 0.136. The number of carbonyl (C=O) groups excluding carboxylic acids is 1. The Morgan fingerprint density at radius 2 is 2.24 bits per heavy atom. The molecule has 0 aromatic rings. The van der Waals surface area contributed by atoms with Gasteiger partial charge in [0.15, 0.2) is 0 Å². The maximum Gasteiger partial charge on any atom is 0.252 e. The van der Waals surface area contributed by atoms with Gasteiger partial charge in [0.2, 0.25) is 0 Å². The summed E-state index contributed by atoms with van der Waals surface area (Å²) >= 11 is 0. The summed E-state index contributed by atoms with van der Waals surface area (Å²) in [6, 6.07) is 0. The Balaban J connectivity index is 1.62.